The molecular weight excluding hydrogens is 197 g/mol. The molecule has 0 spiro atoms. The van der Waals surface area contributed by atoms with Gasteiger partial charge in [-0.3, -0.25) is 4.90 Å². The lowest BCUT2D eigenvalue weighted by Crippen LogP contribution is -2.27. The van der Waals surface area contributed by atoms with Crippen LogP contribution in [0.25, 0.3) is 0 Å². The van der Waals surface area contributed by atoms with Crippen LogP contribution in [-0.2, 0) is 4.74 Å². The highest BCUT2D eigenvalue weighted by molar-refractivity contribution is 5.86. The molecule has 1 aromatic carbocycles. The summed E-state index contributed by atoms with van der Waals surface area (Å²) in [6.45, 7) is 2.32. The van der Waals surface area contributed by atoms with Gasteiger partial charge in [-0.25, -0.2) is 9.18 Å². The van der Waals surface area contributed by atoms with Crippen LogP contribution in [0.15, 0.2) is 24.3 Å². The Morgan fingerprint density at radius 3 is 2.53 bits per heavy atom. The van der Waals surface area contributed by atoms with E-state index in [-0.39, 0.29) is 5.82 Å². The van der Waals surface area contributed by atoms with E-state index in [0.717, 1.165) is 6.42 Å². The topological polar surface area (TPSA) is 29.5 Å². The summed E-state index contributed by atoms with van der Waals surface area (Å²) in [6.07, 6.45) is 0.353. The number of halogens is 1. The largest absolute Gasteiger partial charge is 0.449 e. The van der Waals surface area contributed by atoms with Crippen LogP contribution < -0.4 is 4.90 Å². The van der Waals surface area contributed by atoms with Crippen molar-refractivity contribution in [2.24, 2.45) is 0 Å². The molecule has 1 rings (SSSR count). The van der Waals surface area contributed by atoms with Gasteiger partial charge >= 0.3 is 6.09 Å². The predicted octanol–water partition coefficient (Wildman–Crippen LogP) is 2.81. The standard InChI is InChI=1S/C11H14FNO2/c1-3-8-15-11(14)13(2)10-6-4-9(12)5-7-10/h4-7H,3,8H2,1-2H3. The molecule has 4 heteroatoms. The second-order valence-electron chi connectivity index (χ2n) is 3.15. The lowest BCUT2D eigenvalue weighted by Gasteiger charge is -2.16. The van der Waals surface area contributed by atoms with Gasteiger partial charge in [-0.2, -0.15) is 0 Å². The molecule has 0 bridgehead atoms. The highest BCUT2D eigenvalue weighted by Crippen LogP contribution is 2.13. The minimum atomic E-state index is -0.427. The third-order valence-electron chi connectivity index (χ3n) is 1.92. The minimum absolute atomic E-state index is 0.325. The Hall–Kier alpha value is -1.58. The zero-order chi connectivity index (χ0) is 11.3. The molecule has 0 aliphatic heterocycles. The molecule has 0 aliphatic carbocycles. The number of rotatable bonds is 3. The maximum absolute atomic E-state index is 12.6. The van der Waals surface area contributed by atoms with Crippen molar-refractivity contribution in [3.8, 4) is 0 Å². The average Bonchev–Trinajstić information content (AvgIpc) is 2.26. The van der Waals surface area contributed by atoms with Crippen molar-refractivity contribution in [3.63, 3.8) is 0 Å². The molecule has 15 heavy (non-hydrogen) atoms. The van der Waals surface area contributed by atoms with Crippen LogP contribution in [0.4, 0.5) is 14.9 Å². The van der Waals surface area contributed by atoms with E-state index >= 15 is 0 Å². The van der Waals surface area contributed by atoms with Gasteiger partial charge in [-0.15, -0.1) is 0 Å². The van der Waals surface area contributed by atoms with E-state index in [2.05, 4.69) is 0 Å². The number of carbonyl (C=O) groups is 1. The van der Waals surface area contributed by atoms with Gasteiger partial charge in [-0.05, 0) is 30.7 Å². The first-order valence-electron chi connectivity index (χ1n) is 4.81. The zero-order valence-corrected chi connectivity index (χ0v) is 8.87. The Morgan fingerprint density at radius 1 is 1.40 bits per heavy atom. The average molecular weight is 211 g/mol. The van der Waals surface area contributed by atoms with Crippen molar-refractivity contribution in [1.82, 2.24) is 0 Å². The van der Waals surface area contributed by atoms with E-state index in [0.29, 0.717) is 12.3 Å². The summed E-state index contributed by atoms with van der Waals surface area (Å²) < 4.78 is 17.5. The van der Waals surface area contributed by atoms with E-state index < -0.39 is 6.09 Å². The molecule has 0 aromatic heterocycles. The fourth-order valence-electron chi connectivity index (χ4n) is 1.06. The predicted molar refractivity (Wildman–Crippen MR) is 56.4 cm³/mol. The van der Waals surface area contributed by atoms with Gasteiger partial charge < -0.3 is 4.74 Å². The van der Waals surface area contributed by atoms with Crippen LogP contribution in [-0.4, -0.2) is 19.7 Å². The SMILES string of the molecule is CCCOC(=O)N(C)c1ccc(F)cc1. The number of ether oxygens (including phenoxy) is 1. The molecule has 1 aromatic rings. The summed E-state index contributed by atoms with van der Waals surface area (Å²) >= 11 is 0. The van der Waals surface area contributed by atoms with Gasteiger partial charge in [0.25, 0.3) is 0 Å². The van der Waals surface area contributed by atoms with Gasteiger partial charge in [0.15, 0.2) is 0 Å². The van der Waals surface area contributed by atoms with Crippen molar-refractivity contribution >= 4 is 11.8 Å². The monoisotopic (exact) mass is 211 g/mol. The maximum atomic E-state index is 12.6. The van der Waals surface area contributed by atoms with Crippen LogP contribution in [0, 0.1) is 5.82 Å². The summed E-state index contributed by atoms with van der Waals surface area (Å²) in [6, 6.07) is 5.67. The van der Waals surface area contributed by atoms with Crippen LogP contribution in [0.2, 0.25) is 0 Å². The molecule has 0 unspecified atom stereocenters. The van der Waals surface area contributed by atoms with Gasteiger partial charge in [0.2, 0.25) is 0 Å². The first-order valence-corrected chi connectivity index (χ1v) is 4.81. The quantitative estimate of drug-likeness (QED) is 0.769. The lowest BCUT2D eigenvalue weighted by atomic mass is 10.3. The smallest absolute Gasteiger partial charge is 0.414 e. The van der Waals surface area contributed by atoms with Crippen molar-refractivity contribution in [2.45, 2.75) is 13.3 Å². The van der Waals surface area contributed by atoms with Gasteiger partial charge in [0.05, 0.1) is 6.61 Å². The van der Waals surface area contributed by atoms with Crippen LogP contribution in [0.5, 0.6) is 0 Å². The second kappa shape index (κ2) is 5.34. The Balaban J connectivity index is 2.63. The van der Waals surface area contributed by atoms with Gasteiger partial charge in [-0.1, -0.05) is 6.92 Å². The summed E-state index contributed by atoms with van der Waals surface area (Å²) in [7, 11) is 1.59. The molecule has 0 atom stereocenters. The van der Waals surface area contributed by atoms with E-state index in [9.17, 15) is 9.18 Å². The number of amides is 1. The van der Waals surface area contributed by atoms with Crippen LogP contribution in [0.3, 0.4) is 0 Å². The molecule has 1 amide bonds. The Kier molecular flexibility index (Phi) is 4.09. The number of carbonyl (C=O) groups excluding carboxylic acids is 1. The number of hydrogen-bond acceptors (Lipinski definition) is 2. The van der Waals surface area contributed by atoms with E-state index in [4.69, 9.17) is 4.74 Å². The maximum Gasteiger partial charge on any atom is 0.414 e. The molecular formula is C11H14FNO2. The molecule has 0 heterocycles. The lowest BCUT2D eigenvalue weighted by molar-refractivity contribution is 0.155. The molecule has 0 fully saturated rings. The van der Waals surface area contributed by atoms with E-state index in [1.54, 1.807) is 7.05 Å². The summed E-state index contributed by atoms with van der Waals surface area (Å²) in [4.78, 5) is 12.7. The third-order valence-corrected chi connectivity index (χ3v) is 1.92. The summed E-state index contributed by atoms with van der Waals surface area (Å²) in [5.41, 5.74) is 0.609. The first-order chi connectivity index (χ1) is 7.15. The highest BCUT2D eigenvalue weighted by Gasteiger charge is 2.11. The zero-order valence-electron chi connectivity index (χ0n) is 8.87. The van der Waals surface area contributed by atoms with Crippen LogP contribution in [0.1, 0.15) is 13.3 Å². The van der Waals surface area contributed by atoms with E-state index in [1.165, 1.54) is 29.2 Å². The second-order valence-corrected chi connectivity index (χ2v) is 3.15. The normalized spacial score (nSPS) is 9.80. The molecule has 82 valence electrons. The molecule has 0 saturated carbocycles. The molecule has 0 aliphatic rings. The number of benzene rings is 1. The number of nitrogens with zero attached hydrogens (tertiary/aromatic N) is 1. The summed E-state index contributed by atoms with van der Waals surface area (Å²) in [5, 5.41) is 0. The first kappa shape index (κ1) is 11.5. The highest BCUT2D eigenvalue weighted by atomic mass is 19.1. The fourth-order valence-corrected chi connectivity index (χ4v) is 1.06. The summed E-state index contributed by atoms with van der Waals surface area (Å²) in [5.74, 6) is -0.325. The van der Waals surface area contributed by atoms with Crippen molar-refractivity contribution in [2.75, 3.05) is 18.6 Å². The molecule has 3 nitrogen and oxygen atoms in total. The van der Waals surface area contributed by atoms with Crippen LogP contribution >= 0.6 is 0 Å². The van der Waals surface area contributed by atoms with E-state index in [1.807, 2.05) is 6.92 Å². The molecule has 0 saturated heterocycles. The Bertz CT molecular complexity index is 324. The molecule has 0 radical (unpaired) electrons. The number of hydrogen-bond donors (Lipinski definition) is 0. The Morgan fingerprint density at radius 2 is 2.00 bits per heavy atom. The number of anilines is 1. The van der Waals surface area contributed by atoms with Crippen molar-refractivity contribution < 1.29 is 13.9 Å². The van der Waals surface area contributed by atoms with Crippen molar-refractivity contribution in [1.29, 1.82) is 0 Å². The van der Waals surface area contributed by atoms with Gasteiger partial charge in [0.1, 0.15) is 5.82 Å². The molecule has 0 N–H and O–H groups in total. The van der Waals surface area contributed by atoms with Gasteiger partial charge in [0, 0.05) is 12.7 Å². The third kappa shape index (κ3) is 3.23. The fraction of sp³-hybridized carbons (Fsp3) is 0.364. The Labute approximate surface area is 88.5 Å². The minimum Gasteiger partial charge on any atom is -0.449 e. The van der Waals surface area contributed by atoms with Crippen molar-refractivity contribution in [3.05, 3.63) is 30.1 Å².